The van der Waals surface area contributed by atoms with Gasteiger partial charge < -0.3 is 10.2 Å². The van der Waals surface area contributed by atoms with Gasteiger partial charge in [0.2, 0.25) is 0 Å². The molecule has 1 N–H and O–H groups in total. The molecule has 20 heavy (non-hydrogen) atoms. The summed E-state index contributed by atoms with van der Waals surface area (Å²) >= 11 is 0. The molecule has 3 nitrogen and oxygen atoms in total. The lowest BCUT2D eigenvalue weighted by Gasteiger charge is -2.28. The first-order valence-electron chi connectivity index (χ1n) is 7.69. The number of benzene rings is 1. The lowest BCUT2D eigenvalue weighted by molar-refractivity contribution is 0.578. The molecule has 1 atom stereocenters. The third kappa shape index (κ3) is 4.91. The van der Waals surface area contributed by atoms with Crippen LogP contribution in [0, 0.1) is 0 Å². The molecule has 0 radical (unpaired) electrons. The zero-order chi connectivity index (χ0) is 14.2. The highest BCUT2D eigenvalue weighted by Crippen LogP contribution is 2.20. The summed E-state index contributed by atoms with van der Waals surface area (Å²) in [6.07, 6.45) is 4.01. The molecule has 1 aromatic carbocycles. The van der Waals surface area contributed by atoms with Crippen molar-refractivity contribution in [1.29, 1.82) is 0 Å². The fourth-order valence-electron chi connectivity index (χ4n) is 2.54. The van der Waals surface area contributed by atoms with Crippen LogP contribution in [0.4, 0.5) is 5.69 Å². The lowest BCUT2D eigenvalue weighted by Crippen LogP contribution is -2.29. The van der Waals surface area contributed by atoms with Crippen LogP contribution in [0.1, 0.15) is 31.7 Å². The van der Waals surface area contributed by atoms with E-state index >= 15 is 0 Å². The van der Waals surface area contributed by atoms with E-state index in [1.54, 1.807) is 0 Å². The van der Waals surface area contributed by atoms with Crippen LogP contribution in [0.2, 0.25) is 0 Å². The number of rotatable bonds is 7. The van der Waals surface area contributed by atoms with Crippen LogP contribution < -0.4 is 10.2 Å². The first-order valence-corrected chi connectivity index (χ1v) is 9.18. The molecule has 112 valence electrons. The summed E-state index contributed by atoms with van der Waals surface area (Å²) in [7, 11) is -0.661. The van der Waals surface area contributed by atoms with Gasteiger partial charge in [-0.2, -0.15) is 0 Å². The Labute approximate surface area is 125 Å². The minimum Gasteiger partial charge on any atom is -0.372 e. The molecule has 0 aromatic heterocycles. The summed E-state index contributed by atoms with van der Waals surface area (Å²) < 4.78 is 11.3. The highest BCUT2D eigenvalue weighted by molar-refractivity contribution is 7.84. The summed E-state index contributed by atoms with van der Waals surface area (Å²) in [5.41, 5.74) is 2.65. The van der Waals surface area contributed by atoms with Gasteiger partial charge in [0, 0.05) is 54.2 Å². The quantitative estimate of drug-likeness (QED) is 0.784. The van der Waals surface area contributed by atoms with Gasteiger partial charge in [-0.1, -0.05) is 19.1 Å². The Morgan fingerprint density at radius 3 is 2.50 bits per heavy atom. The van der Waals surface area contributed by atoms with E-state index in [4.69, 9.17) is 0 Å². The highest BCUT2D eigenvalue weighted by Gasteiger charge is 2.10. The summed E-state index contributed by atoms with van der Waals surface area (Å²) in [5.74, 6) is 1.51. The van der Waals surface area contributed by atoms with Crippen LogP contribution in [-0.2, 0) is 17.3 Å². The number of anilines is 1. The van der Waals surface area contributed by atoms with E-state index in [1.807, 2.05) is 6.92 Å². The topological polar surface area (TPSA) is 32.3 Å². The van der Waals surface area contributed by atoms with E-state index in [9.17, 15) is 4.21 Å². The largest absolute Gasteiger partial charge is 0.372 e. The Morgan fingerprint density at radius 1 is 1.15 bits per heavy atom. The standard InChI is InChI=1S/C16H26N2OS/c1-2-20(19)13-10-17-14-15-6-8-16(9-7-15)18-11-4-3-5-12-18/h6-9,17H,2-5,10-14H2,1H3. The maximum absolute atomic E-state index is 11.3. The molecule has 0 spiro atoms. The molecular formula is C16H26N2OS. The summed E-state index contributed by atoms with van der Waals surface area (Å²) in [6, 6.07) is 8.86. The second-order valence-electron chi connectivity index (χ2n) is 5.32. The first-order chi connectivity index (χ1) is 9.79. The van der Waals surface area contributed by atoms with E-state index < -0.39 is 10.8 Å². The van der Waals surface area contributed by atoms with Gasteiger partial charge in [-0.05, 0) is 37.0 Å². The second kappa shape index (κ2) is 8.42. The van der Waals surface area contributed by atoms with Crippen LogP contribution in [0.5, 0.6) is 0 Å². The van der Waals surface area contributed by atoms with Gasteiger partial charge >= 0.3 is 0 Å². The molecule has 1 saturated heterocycles. The SMILES string of the molecule is CCS(=O)CCNCc1ccc(N2CCCCC2)cc1. The zero-order valence-electron chi connectivity index (χ0n) is 12.4. The van der Waals surface area contributed by atoms with E-state index in [-0.39, 0.29) is 0 Å². The van der Waals surface area contributed by atoms with Crippen LogP contribution in [0.3, 0.4) is 0 Å². The molecule has 0 saturated carbocycles. The molecule has 0 bridgehead atoms. The van der Waals surface area contributed by atoms with Crippen molar-refractivity contribution in [1.82, 2.24) is 5.32 Å². The van der Waals surface area contributed by atoms with Crippen molar-refractivity contribution in [2.24, 2.45) is 0 Å². The Balaban J connectivity index is 1.75. The third-order valence-electron chi connectivity index (χ3n) is 3.82. The van der Waals surface area contributed by atoms with Gasteiger partial charge in [0.15, 0.2) is 0 Å². The maximum Gasteiger partial charge on any atom is 0.0366 e. The number of hydrogen-bond acceptors (Lipinski definition) is 3. The molecule has 4 heteroatoms. The molecule has 1 heterocycles. The van der Waals surface area contributed by atoms with Crippen LogP contribution >= 0.6 is 0 Å². The van der Waals surface area contributed by atoms with Crippen molar-refractivity contribution in [3.05, 3.63) is 29.8 Å². The summed E-state index contributed by atoms with van der Waals surface area (Å²) in [6.45, 7) is 6.05. The van der Waals surface area contributed by atoms with Crippen molar-refractivity contribution in [3.8, 4) is 0 Å². The average molecular weight is 294 g/mol. The van der Waals surface area contributed by atoms with Crippen molar-refractivity contribution in [2.75, 3.05) is 36.0 Å². The number of nitrogens with one attached hydrogen (secondary N) is 1. The predicted octanol–water partition coefficient (Wildman–Crippen LogP) is 2.54. The van der Waals surface area contributed by atoms with E-state index in [1.165, 1.54) is 43.6 Å². The number of hydrogen-bond donors (Lipinski definition) is 1. The molecule has 1 fully saturated rings. The summed E-state index contributed by atoms with van der Waals surface area (Å²) in [5, 5.41) is 3.36. The Morgan fingerprint density at radius 2 is 1.85 bits per heavy atom. The van der Waals surface area contributed by atoms with Gasteiger partial charge in [-0.3, -0.25) is 4.21 Å². The zero-order valence-corrected chi connectivity index (χ0v) is 13.3. The van der Waals surface area contributed by atoms with Gasteiger partial charge in [0.05, 0.1) is 0 Å². The van der Waals surface area contributed by atoms with Crippen LogP contribution in [0.15, 0.2) is 24.3 Å². The van der Waals surface area contributed by atoms with Crippen LogP contribution in [-0.4, -0.2) is 35.3 Å². The molecule has 0 aliphatic carbocycles. The molecule has 1 aliphatic rings. The van der Waals surface area contributed by atoms with Gasteiger partial charge in [-0.25, -0.2) is 0 Å². The first kappa shape index (κ1) is 15.5. The summed E-state index contributed by atoms with van der Waals surface area (Å²) in [4.78, 5) is 2.48. The van der Waals surface area contributed by atoms with Crippen molar-refractivity contribution in [3.63, 3.8) is 0 Å². The van der Waals surface area contributed by atoms with Crippen LogP contribution in [0.25, 0.3) is 0 Å². The van der Waals surface area contributed by atoms with E-state index in [0.717, 1.165) is 24.6 Å². The third-order valence-corrected chi connectivity index (χ3v) is 5.12. The minimum atomic E-state index is -0.661. The monoisotopic (exact) mass is 294 g/mol. The molecule has 0 amide bonds. The Hall–Kier alpha value is -0.870. The molecular weight excluding hydrogens is 268 g/mol. The van der Waals surface area contributed by atoms with Crippen molar-refractivity contribution in [2.45, 2.75) is 32.7 Å². The van der Waals surface area contributed by atoms with Crippen molar-refractivity contribution < 1.29 is 4.21 Å². The van der Waals surface area contributed by atoms with Gasteiger partial charge in [0.1, 0.15) is 0 Å². The molecule has 2 rings (SSSR count). The maximum atomic E-state index is 11.3. The van der Waals surface area contributed by atoms with Gasteiger partial charge in [-0.15, -0.1) is 0 Å². The fraction of sp³-hybridized carbons (Fsp3) is 0.625. The fourth-order valence-corrected chi connectivity index (χ4v) is 3.20. The van der Waals surface area contributed by atoms with E-state index in [2.05, 4.69) is 34.5 Å². The van der Waals surface area contributed by atoms with Gasteiger partial charge in [0.25, 0.3) is 0 Å². The average Bonchev–Trinajstić information content (AvgIpc) is 2.52. The minimum absolute atomic E-state index is 0.661. The number of nitrogens with zero attached hydrogens (tertiary/aromatic N) is 1. The Kier molecular flexibility index (Phi) is 6.54. The lowest BCUT2D eigenvalue weighted by atomic mass is 10.1. The molecule has 1 aromatic rings. The molecule has 1 aliphatic heterocycles. The highest BCUT2D eigenvalue weighted by atomic mass is 32.2. The Bertz CT molecular complexity index is 413. The predicted molar refractivity (Wildman–Crippen MR) is 87.8 cm³/mol. The normalized spacial score (nSPS) is 17.1. The smallest absolute Gasteiger partial charge is 0.0366 e. The molecule has 1 unspecified atom stereocenters. The van der Waals surface area contributed by atoms with Crippen molar-refractivity contribution >= 4 is 16.5 Å². The second-order valence-corrected chi connectivity index (χ2v) is 7.19. The van der Waals surface area contributed by atoms with E-state index in [0.29, 0.717) is 0 Å². The number of piperidine rings is 1.